The predicted octanol–water partition coefficient (Wildman–Crippen LogP) is 0.842. The standard InChI is InChI=1S/C13H20N2O3S.H2O/c1-14-7-3-6-13(14)12-5-2-8-15(11-12)9-4-10-19(16,17)18;/h2,5,8,11,13H,3-4,6-7,9-10H2,1H3;1H2/t13-;/m0./s1. The molecule has 1 aliphatic rings. The van der Waals surface area contributed by atoms with E-state index in [4.69, 9.17) is 4.55 Å². The van der Waals surface area contributed by atoms with Gasteiger partial charge in [0.2, 0.25) is 0 Å². The summed E-state index contributed by atoms with van der Waals surface area (Å²) in [5, 5.41) is 0. The van der Waals surface area contributed by atoms with Gasteiger partial charge in [0.15, 0.2) is 12.4 Å². The Morgan fingerprint density at radius 3 is 2.85 bits per heavy atom. The highest BCUT2D eigenvalue weighted by atomic mass is 32.2. The summed E-state index contributed by atoms with van der Waals surface area (Å²) in [5.41, 5.74) is 1.27. The summed E-state index contributed by atoms with van der Waals surface area (Å²) in [6.07, 6.45) is 6.83. The monoisotopic (exact) mass is 302 g/mol. The van der Waals surface area contributed by atoms with Gasteiger partial charge >= 0.3 is 0 Å². The van der Waals surface area contributed by atoms with Gasteiger partial charge in [-0.2, -0.15) is 8.42 Å². The Hall–Kier alpha value is -1.02. The summed E-state index contributed by atoms with van der Waals surface area (Å²) < 4.78 is 32.1. The van der Waals surface area contributed by atoms with Crippen LogP contribution in [0.5, 0.6) is 0 Å². The summed E-state index contributed by atoms with van der Waals surface area (Å²) >= 11 is 0. The van der Waals surface area contributed by atoms with E-state index in [1.165, 1.54) is 18.4 Å². The molecule has 1 atom stereocenters. The summed E-state index contributed by atoms with van der Waals surface area (Å²) in [4.78, 5) is 2.35. The fourth-order valence-electron chi connectivity index (χ4n) is 2.64. The molecule has 0 aliphatic carbocycles. The van der Waals surface area contributed by atoms with Crippen LogP contribution >= 0.6 is 0 Å². The molecule has 20 heavy (non-hydrogen) atoms. The maximum absolute atomic E-state index is 10.7. The smallest absolute Gasteiger partial charge is 0.265 e. The molecule has 6 nitrogen and oxygen atoms in total. The Kier molecular flexibility index (Phi) is 6.07. The number of rotatable bonds is 5. The summed E-state index contributed by atoms with van der Waals surface area (Å²) in [7, 11) is -1.72. The number of hydrogen-bond acceptors (Lipinski definition) is 4. The molecule has 1 fully saturated rings. The van der Waals surface area contributed by atoms with Gasteiger partial charge < -0.3 is 5.48 Å². The van der Waals surface area contributed by atoms with Crippen molar-refractivity contribution in [3.8, 4) is 0 Å². The molecule has 1 saturated heterocycles. The molecule has 0 saturated carbocycles. The third-order valence-corrected chi connectivity index (χ3v) is 4.41. The Bertz CT molecular complexity index is 533. The van der Waals surface area contributed by atoms with Crippen molar-refractivity contribution in [2.75, 3.05) is 19.3 Å². The maximum Gasteiger partial charge on any atom is 0.265 e. The first kappa shape index (κ1) is 17.0. The van der Waals surface area contributed by atoms with Crippen LogP contribution in [0.2, 0.25) is 0 Å². The minimum atomic E-state index is -3.85. The molecule has 2 heterocycles. The minimum absolute atomic E-state index is 0. The molecule has 0 amide bonds. The zero-order valence-corrected chi connectivity index (χ0v) is 12.5. The van der Waals surface area contributed by atoms with Crippen LogP contribution in [0.25, 0.3) is 0 Å². The molecular formula is C13H22N2O4S. The summed E-state index contributed by atoms with van der Waals surface area (Å²) in [5.74, 6) is -0.187. The van der Waals surface area contributed by atoms with Crippen LogP contribution in [0.15, 0.2) is 24.5 Å². The van der Waals surface area contributed by atoms with Gasteiger partial charge in [0.05, 0.1) is 5.75 Å². The van der Waals surface area contributed by atoms with Crippen LogP contribution in [0, 0.1) is 0 Å². The van der Waals surface area contributed by atoms with Crippen molar-refractivity contribution in [3.05, 3.63) is 30.1 Å². The Labute approximate surface area is 120 Å². The van der Waals surface area contributed by atoms with Gasteiger partial charge in [0, 0.05) is 24.1 Å². The Morgan fingerprint density at radius 1 is 1.50 bits per heavy atom. The quantitative estimate of drug-likeness (QED) is 0.643. The zero-order valence-electron chi connectivity index (χ0n) is 11.6. The second-order valence-corrected chi connectivity index (χ2v) is 6.73. The lowest BCUT2D eigenvalue weighted by Crippen LogP contribution is -2.35. The van der Waals surface area contributed by atoms with Gasteiger partial charge in [-0.25, -0.2) is 4.57 Å². The number of nitrogens with zero attached hydrogens (tertiary/aromatic N) is 2. The van der Waals surface area contributed by atoms with Crippen LogP contribution in [-0.4, -0.2) is 42.7 Å². The summed E-state index contributed by atoms with van der Waals surface area (Å²) in [6.45, 7) is 1.73. The molecule has 2 rings (SSSR count). The van der Waals surface area contributed by atoms with Crippen molar-refractivity contribution in [2.24, 2.45) is 0 Å². The fourth-order valence-corrected chi connectivity index (χ4v) is 3.13. The van der Waals surface area contributed by atoms with Gasteiger partial charge in [-0.15, -0.1) is 0 Å². The van der Waals surface area contributed by atoms with Gasteiger partial charge in [0.25, 0.3) is 10.1 Å². The molecule has 0 radical (unpaired) electrons. The molecule has 2 N–H and O–H groups in total. The number of pyridine rings is 1. The molecule has 0 spiro atoms. The third kappa shape index (κ3) is 4.82. The molecule has 114 valence electrons. The van der Waals surface area contributed by atoms with E-state index in [2.05, 4.69) is 24.2 Å². The molecule has 1 aliphatic heterocycles. The largest absolute Gasteiger partial charge is 0.870 e. The lowest BCUT2D eigenvalue weighted by Gasteiger charge is -2.18. The molecule has 0 aromatic carbocycles. The second kappa shape index (κ2) is 7.12. The van der Waals surface area contributed by atoms with E-state index in [-0.39, 0.29) is 11.2 Å². The highest BCUT2D eigenvalue weighted by Gasteiger charge is 2.24. The van der Waals surface area contributed by atoms with Crippen molar-refractivity contribution in [3.63, 3.8) is 0 Å². The van der Waals surface area contributed by atoms with E-state index in [1.807, 2.05) is 16.8 Å². The average Bonchev–Trinajstić information content (AvgIpc) is 2.74. The van der Waals surface area contributed by atoms with Crippen molar-refractivity contribution in [1.29, 1.82) is 0 Å². The molecule has 0 bridgehead atoms. The number of aromatic nitrogens is 1. The van der Waals surface area contributed by atoms with Crippen LogP contribution in [-0.2, 0) is 16.7 Å². The fraction of sp³-hybridized carbons (Fsp3) is 0.615. The molecule has 1 aromatic heterocycles. The van der Waals surface area contributed by atoms with E-state index >= 15 is 0 Å². The van der Waals surface area contributed by atoms with Crippen molar-refractivity contribution in [2.45, 2.75) is 31.8 Å². The molecule has 7 heteroatoms. The van der Waals surface area contributed by atoms with Crippen LogP contribution in [0.1, 0.15) is 30.9 Å². The minimum Gasteiger partial charge on any atom is -0.870 e. The van der Waals surface area contributed by atoms with E-state index < -0.39 is 10.1 Å². The van der Waals surface area contributed by atoms with Gasteiger partial charge in [-0.1, -0.05) is 0 Å². The first-order valence-electron chi connectivity index (χ1n) is 6.60. The second-order valence-electron chi connectivity index (χ2n) is 5.15. The summed E-state index contributed by atoms with van der Waals surface area (Å²) in [6, 6.07) is 4.58. The number of aryl methyl sites for hydroxylation is 1. The molecular weight excluding hydrogens is 280 g/mol. The number of hydrogen-bond donors (Lipinski definition) is 1. The average molecular weight is 302 g/mol. The van der Waals surface area contributed by atoms with Gasteiger partial charge in [-0.05, 0) is 32.5 Å². The zero-order chi connectivity index (χ0) is 13.9. The predicted molar refractivity (Wildman–Crippen MR) is 74.2 cm³/mol. The van der Waals surface area contributed by atoms with Crippen molar-refractivity contribution < 1.29 is 23.0 Å². The molecule has 0 unspecified atom stereocenters. The third-order valence-electron chi connectivity index (χ3n) is 3.60. The van der Waals surface area contributed by atoms with Gasteiger partial charge in [0.1, 0.15) is 6.54 Å². The van der Waals surface area contributed by atoms with E-state index in [9.17, 15) is 8.42 Å². The lowest BCUT2D eigenvalue weighted by molar-refractivity contribution is -0.697. The van der Waals surface area contributed by atoms with E-state index in [1.54, 1.807) is 0 Å². The molecule has 1 aromatic rings. The highest BCUT2D eigenvalue weighted by Crippen LogP contribution is 2.29. The van der Waals surface area contributed by atoms with Crippen molar-refractivity contribution >= 4 is 10.1 Å². The Balaban J connectivity index is 0.00000200. The van der Waals surface area contributed by atoms with Crippen molar-refractivity contribution in [1.82, 2.24) is 4.90 Å². The topological polar surface area (TPSA) is 91.5 Å². The first-order chi connectivity index (χ1) is 8.96. The van der Waals surface area contributed by atoms with E-state index in [0.717, 1.165) is 6.54 Å². The first-order valence-corrected chi connectivity index (χ1v) is 8.21. The lowest BCUT2D eigenvalue weighted by atomic mass is 10.1. The SMILES string of the molecule is CN1CCC[C@H]1c1ccc[n+](CCCS(=O)(=O)O)c1.[OH-]. The highest BCUT2D eigenvalue weighted by molar-refractivity contribution is 7.85. The van der Waals surface area contributed by atoms with Crippen LogP contribution in [0.4, 0.5) is 0 Å². The Morgan fingerprint density at radius 2 is 2.25 bits per heavy atom. The van der Waals surface area contributed by atoms with Crippen LogP contribution < -0.4 is 4.57 Å². The van der Waals surface area contributed by atoms with Crippen LogP contribution in [0.3, 0.4) is 0 Å². The normalized spacial score (nSPS) is 19.8. The number of likely N-dealkylation sites (tertiary alicyclic amines) is 1. The maximum atomic E-state index is 10.7. The van der Waals surface area contributed by atoms with Gasteiger partial charge in [-0.3, -0.25) is 9.45 Å². The van der Waals surface area contributed by atoms with E-state index in [0.29, 0.717) is 19.0 Å².